The van der Waals surface area contributed by atoms with Gasteiger partial charge in [-0.2, -0.15) is 0 Å². The molecular weight excluding hydrogens is 241 g/mol. The zero-order valence-corrected chi connectivity index (χ0v) is 11.3. The van der Waals surface area contributed by atoms with Crippen molar-refractivity contribution in [1.82, 2.24) is 4.57 Å². The van der Waals surface area contributed by atoms with E-state index in [-0.39, 0.29) is 5.82 Å². The molecule has 2 nitrogen and oxygen atoms in total. The molecule has 1 aromatic carbocycles. The molecule has 0 atom stereocenters. The zero-order valence-electron chi connectivity index (χ0n) is 11.3. The van der Waals surface area contributed by atoms with Crippen LogP contribution in [0.5, 0.6) is 0 Å². The Morgan fingerprint density at radius 2 is 1.84 bits per heavy atom. The number of carbonyl (C=O) groups excluding carboxylic acids is 1. The maximum absolute atomic E-state index is 13.0. The van der Waals surface area contributed by atoms with Crippen LogP contribution in [0.25, 0.3) is 11.3 Å². The summed E-state index contributed by atoms with van der Waals surface area (Å²) in [6.45, 7) is 4.92. The Bertz CT molecular complexity index is 555. The average Bonchev–Trinajstić information content (AvgIpc) is 2.81. The van der Waals surface area contributed by atoms with Gasteiger partial charge in [-0.25, -0.2) is 4.39 Å². The molecule has 0 saturated heterocycles. The van der Waals surface area contributed by atoms with Gasteiger partial charge >= 0.3 is 0 Å². The second-order valence-electron chi connectivity index (χ2n) is 4.91. The van der Waals surface area contributed by atoms with Crippen LogP contribution in [-0.2, 0) is 11.3 Å². The molecule has 2 aromatic rings. The van der Waals surface area contributed by atoms with Crippen LogP contribution in [0.3, 0.4) is 0 Å². The summed E-state index contributed by atoms with van der Waals surface area (Å²) in [5, 5.41) is 0. The molecule has 3 heteroatoms. The van der Waals surface area contributed by atoms with Crippen molar-refractivity contribution in [2.45, 2.75) is 32.7 Å². The first-order chi connectivity index (χ1) is 9.13. The Labute approximate surface area is 112 Å². The van der Waals surface area contributed by atoms with E-state index in [2.05, 4.69) is 24.5 Å². The van der Waals surface area contributed by atoms with Gasteiger partial charge in [-0.15, -0.1) is 0 Å². The fraction of sp³-hybridized carbons (Fsp3) is 0.312. The summed E-state index contributed by atoms with van der Waals surface area (Å²) in [6.07, 6.45) is 1.42. The van der Waals surface area contributed by atoms with Crippen molar-refractivity contribution in [2.24, 2.45) is 0 Å². The number of hydrogen-bond donors (Lipinski definition) is 0. The second kappa shape index (κ2) is 5.83. The van der Waals surface area contributed by atoms with E-state index in [0.717, 1.165) is 17.5 Å². The summed E-state index contributed by atoms with van der Waals surface area (Å²) in [7, 11) is 0. The van der Waals surface area contributed by atoms with Gasteiger partial charge in [0.1, 0.15) is 12.1 Å². The van der Waals surface area contributed by atoms with Crippen molar-refractivity contribution in [2.75, 3.05) is 0 Å². The number of halogens is 1. The molecule has 0 aliphatic carbocycles. The van der Waals surface area contributed by atoms with Crippen LogP contribution in [0, 0.1) is 5.82 Å². The summed E-state index contributed by atoms with van der Waals surface area (Å²) in [6, 6.07) is 10.6. The molecule has 0 aliphatic rings. The Hall–Kier alpha value is -1.90. The normalized spacial score (nSPS) is 10.9. The summed E-state index contributed by atoms with van der Waals surface area (Å²) in [5.41, 5.74) is 3.20. The Kier molecular flexibility index (Phi) is 4.15. The molecule has 0 unspecified atom stereocenters. The third kappa shape index (κ3) is 2.92. The number of carbonyl (C=O) groups is 1. The smallest absolute Gasteiger partial charge is 0.123 e. The molecular formula is C16H18FNO. The first-order valence-corrected chi connectivity index (χ1v) is 6.52. The van der Waals surface area contributed by atoms with Crippen molar-refractivity contribution in [1.29, 1.82) is 0 Å². The number of aromatic nitrogens is 1. The molecule has 0 aliphatic heterocycles. The summed E-state index contributed by atoms with van der Waals surface area (Å²) < 4.78 is 15.1. The lowest BCUT2D eigenvalue weighted by atomic mass is 10.1. The fourth-order valence-corrected chi connectivity index (χ4v) is 2.29. The summed E-state index contributed by atoms with van der Waals surface area (Å²) >= 11 is 0. The molecule has 0 radical (unpaired) electrons. The minimum absolute atomic E-state index is 0.237. The van der Waals surface area contributed by atoms with Crippen molar-refractivity contribution in [3.8, 4) is 11.3 Å². The fourth-order valence-electron chi connectivity index (χ4n) is 2.29. The molecule has 19 heavy (non-hydrogen) atoms. The molecule has 1 aromatic heterocycles. The van der Waals surface area contributed by atoms with Gasteiger partial charge in [0.05, 0.1) is 0 Å². The van der Waals surface area contributed by atoms with Crippen molar-refractivity contribution in [3.63, 3.8) is 0 Å². The Morgan fingerprint density at radius 3 is 2.42 bits per heavy atom. The molecule has 2 rings (SSSR count). The lowest BCUT2D eigenvalue weighted by Gasteiger charge is -2.14. The maximum Gasteiger partial charge on any atom is 0.123 e. The van der Waals surface area contributed by atoms with E-state index in [1.807, 2.05) is 6.07 Å². The van der Waals surface area contributed by atoms with E-state index in [0.29, 0.717) is 18.9 Å². The number of nitrogens with zero attached hydrogens (tertiary/aromatic N) is 1. The van der Waals surface area contributed by atoms with Crippen LogP contribution in [0.1, 0.15) is 31.9 Å². The summed E-state index contributed by atoms with van der Waals surface area (Å²) in [4.78, 5) is 10.6. The number of benzene rings is 1. The lowest BCUT2D eigenvalue weighted by molar-refractivity contribution is -0.108. The molecule has 0 amide bonds. The highest BCUT2D eigenvalue weighted by atomic mass is 19.1. The van der Waals surface area contributed by atoms with Gasteiger partial charge in [-0.1, -0.05) is 13.8 Å². The van der Waals surface area contributed by atoms with E-state index in [1.165, 1.54) is 17.8 Å². The predicted molar refractivity (Wildman–Crippen MR) is 74.6 cm³/mol. The molecule has 1 heterocycles. The van der Waals surface area contributed by atoms with Gasteiger partial charge < -0.3 is 9.36 Å². The van der Waals surface area contributed by atoms with E-state index in [1.54, 1.807) is 12.1 Å². The van der Waals surface area contributed by atoms with Gasteiger partial charge in [-0.3, -0.25) is 0 Å². The highest BCUT2D eigenvalue weighted by molar-refractivity contribution is 5.61. The number of aldehydes is 1. The first-order valence-electron chi connectivity index (χ1n) is 6.52. The van der Waals surface area contributed by atoms with E-state index < -0.39 is 0 Å². The molecule has 100 valence electrons. The largest absolute Gasteiger partial charge is 0.344 e. The summed E-state index contributed by atoms with van der Waals surface area (Å²) in [5.74, 6) is 0.152. The van der Waals surface area contributed by atoms with E-state index in [4.69, 9.17) is 0 Å². The Balaban J connectivity index is 2.44. The average molecular weight is 259 g/mol. The third-order valence-electron chi connectivity index (χ3n) is 3.22. The highest BCUT2D eigenvalue weighted by Gasteiger charge is 2.12. The predicted octanol–water partition coefficient (Wildman–Crippen LogP) is 4.01. The number of rotatable bonds is 5. The van der Waals surface area contributed by atoms with Crippen LogP contribution in [0.4, 0.5) is 4.39 Å². The first kappa shape index (κ1) is 13.5. The van der Waals surface area contributed by atoms with Gasteiger partial charge in [0.2, 0.25) is 0 Å². The van der Waals surface area contributed by atoms with Gasteiger partial charge in [0.15, 0.2) is 0 Å². The van der Waals surface area contributed by atoms with Crippen LogP contribution in [-0.4, -0.2) is 10.9 Å². The maximum atomic E-state index is 13.0. The van der Waals surface area contributed by atoms with Crippen LogP contribution in [0.2, 0.25) is 0 Å². The van der Waals surface area contributed by atoms with Gasteiger partial charge in [-0.05, 0) is 47.9 Å². The van der Waals surface area contributed by atoms with Crippen molar-refractivity contribution >= 4 is 6.29 Å². The molecule has 0 spiro atoms. The van der Waals surface area contributed by atoms with Crippen LogP contribution >= 0.6 is 0 Å². The van der Waals surface area contributed by atoms with Crippen LogP contribution in [0.15, 0.2) is 36.4 Å². The minimum Gasteiger partial charge on any atom is -0.344 e. The molecule has 0 bridgehead atoms. The number of hydrogen-bond acceptors (Lipinski definition) is 1. The van der Waals surface area contributed by atoms with E-state index >= 15 is 0 Å². The lowest BCUT2D eigenvalue weighted by Crippen LogP contribution is -2.06. The second-order valence-corrected chi connectivity index (χ2v) is 4.91. The van der Waals surface area contributed by atoms with Crippen LogP contribution < -0.4 is 0 Å². The standard InChI is InChI=1S/C16H18FNO/c1-12(2)15-8-9-16(18(15)10-3-11-19)13-4-6-14(17)7-5-13/h4-9,11-12H,3,10H2,1-2H3. The molecule has 0 fully saturated rings. The van der Waals surface area contributed by atoms with E-state index in [9.17, 15) is 9.18 Å². The SMILES string of the molecule is CC(C)c1ccc(-c2ccc(F)cc2)n1CCC=O. The Morgan fingerprint density at radius 1 is 1.16 bits per heavy atom. The zero-order chi connectivity index (χ0) is 13.8. The monoisotopic (exact) mass is 259 g/mol. The van der Waals surface area contributed by atoms with Gasteiger partial charge in [0, 0.05) is 24.4 Å². The quantitative estimate of drug-likeness (QED) is 0.744. The van der Waals surface area contributed by atoms with Crippen molar-refractivity contribution in [3.05, 3.63) is 47.9 Å². The topological polar surface area (TPSA) is 22.0 Å². The molecule has 0 N–H and O–H groups in total. The molecule has 0 saturated carbocycles. The van der Waals surface area contributed by atoms with Gasteiger partial charge in [0.25, 0.3) is 0 Å². The minimum atomic E-state index is -0.237. The van der Waals surface area contributed by atoms with Crippen molar-refractivity contribution < 1.29 is 9.18 Å². The highest BCUT2D eigenvalue weighted by Crippen LogP contribution is 2.27. The third-order valence-corrected chi connectivity index (χ3v) is 3.22.